The van der Waals surface area contributed by atoms with Crippen molar-refractivity contribution in [3.63, 3.8) is 0 Å². The predicted molar refractivity (Wildman–Crippen MR) is 129 cm³/mol. The highest BCUT2D eigenvalue weighted by atomic mass is 19.1. The van der Waals surface area contributed by atoms with Gasteiger partial charge in [-0.1, -0.05) is 13.8 Å². The quantitative estimate of drug-likeness (QED) is 0.595. The Morgan fingerprint density at radius 1 is 1.18 bits per heavy atom. The minimum atomic E-state index is -0.874. The Bertz CT molecular complexity index is 1140. The molecule has 0 radical (unpaired) electrons. The molecule has 1 saturated heterocycles. The molecule has 0 spiro atoms. The Morgan fingerprint density at radius 2 is 1.88 bits per heavy atom. The van der Waals surface area contributed by atoms with Gasteiger partial charge in [-0.3, -0.25) is 9.59 Å². The molecular weight excluding hydrogens is 439 g/mol. The monoisotopic (exact) mass is 472 g/mol. The first-order valence-electron chi connectivity index (χ1n) is 12.1. The highest BCUT2D eigenvalue weighted by Gasteiger charge is 2.29. The number of ether oxygens (including phenoxy) is 1. The third-order valence-electron chi connectivity index (χ3n) is 6.78. The minimum Gasteiger partial charge on any atom is -0.452 e. The van der Waals surface area contributed by atoms with Crippen molar-refractivity contribution < 1.29 is 18.7 Å². The lowest BCUT2D eigenvalue weighted by atomic mass is 10.1. The number of anilines is 1. The zero-order valence-electron chi connectivity index (χ0n) is 20.1. The highest BCUT2D eigenvalue weighted by Crippen LogP contribution is 2.38. The number of nitrogens with zero attached hydrogens (tertiary/aromatic N) is 3. The zero-order chi connectivity index (χ0) is 24.4. The van der Waals surface area contributed by atoms with Crippen LogP contribution in [0.15, 0.2) is 23.1 Å². The first-order chi connectivity index (χ1) is 16.3. The van der Waals surface area contributed by atoms with E-state index in [0.29, 0.717) is 24.3 Å². The van der Waals surface area contributed by atoms with Crippen molar-refractivity contribution in [1.82, 2.24) is 14.8 Å². The van der Waals surface area contributed by atoms with Gasteiger partial charge in [0.2, 0.25) is 5.43 Å². The van der Waals surface area contributed by atoms with E-state index in [4.69, 9.17) is 4.74 Å². The van der Waals surface area contributed by atoms with Gasteiger partial charge < -0.3 is 24.4 Å². The molecule has 1 aliphatic heterocycles. The summed E-state index contributed by atoms with van der Waals surface area (Å²) in [7, 11) is 0. The Balaban J connectivity index is 1.63. The van der Waals surface area contributed by atoms with Gasteiger partial charge in [0.05, 0.1) is 11.2 Å². The second kappa shape index (κ2) is 10.1. The van der Waals surface area contributed by atoms with E-state index in [0.717, 1.165) is 38.9 Å². The average Bonchev–Trinajstić information content (AvgIpc) is 3.68. The molecule has 8 nitrogen and oxygen atoms in total. The van der Waals surface area contributed by atoms with E-state index < -0.39 is 29.7 Å². The molecule has 2 aromatic rings. The van der Waals surface area contributed by atoms with Crippen LogP contribution in [-0.4, -0.2) is 66.7 Å². The summed E-state index contributed by atoms with van der Waals surface area (Å²) in [5, 5.41) is 2.87. The summed E-state index contributed by atoms with van der Waals surface area (Å²) >= 11 is 0. The topological polar surface area (TPSA) is 83.9 Å². The number of carbonyl (C=O) groups is 2. The van der Waals surface area contributed by atoms with Gasteiger partial charge in [-0.05, 0) is 44.9 Å². The van der Waals surface area contributed by atoms with Gasteiger partial charge in [0.15, 0.2) is 6.61 Å². The molecule has 1 aromatic carbocycles. The summed E-state index contributed by atoms with van der Waals surface area (Å²) in [4.78, 5) is 42.2. The third kappa shape index (κ3) is 5.09. The maximum Gasteiger partial charge on any atom is 0.344 e. The first kappa shape index (κ1) is 24.2. The number of nitrogens with one attached hydrogen (secondary N) is 1. The van der Waals surface area contributed by atoms with E-state index in [1.807, 2.05) is 23.3 Å². The molecule has 184 valence electrons. The van der Waals surface area contributed by atoms with Gasteiger partial charge in [-0.15, -0.1) is 0 Å². The SMILES string of the molecule is CC[C@@H](C)NC(=O)COC(=O)c1cn(C2CC2)c2cc(N3CCN(CC)CC3)c(F)cc2c1=O. The lowest BCUT2D eigenvalue weighted by molar-refractivity contribution is -0.124. The summed E-state index contributed by atoms with van der Waals surface area (Å²) in [6.07, 6.45) is 4.10. The molecule has 0 bridgehead atoms. The Hall–Kier alpha value is -2.94. The van der Waals surface area contributed by atoms with Crippen molar-refractivity contribution in [2.45, 2.75) is 52.1 Å². The number of hydrogen-bond acceptors (Lipinski definition) is 6. The van der Waals surface area contributed by atoms with Gasteiger partial charge in [-0.2, -0.15) is 0 Å². The van der Waals surface area contributed by atoms with E-state index in [1.54, 1.807) is 6.07 Å². The van der Waals surface area contributed by atoms with Crippen molar-refractivity contribution in [3.05, 3.63) is 39.9 Å². The van der Waals surface area contributed by atoms with Crippen LogP contribution >= 0.6 is 0 Å². The Kier molecular flexibility index (Phi) is 7.21. The van der Waals surface area contributed by atoms with Gasteiger partial charge in [0.1, 0.15) is 11.4 Å². The Labute approximate surface area is 198 Å². The number of benzene rings is 1. The van der Waals surface area contributed by atoms with E-state index >= 15 is 4.39 Å². The number of piperazine rings is 1. The summed E-state index contributed by atoms with van der Waals surface area (Å²) in [5.41, 5.74) is 0.335. The molecule has 0 unspecified atom stereocenters. The molecule has 1 aliphatic carbocycles. The van der Waals surface area contributed by atoms with Crippen LogP contribution in [0.25, 0.3) is 10.9 Å². The van der Waals surface area contributed by atoms with Crippen LogP contribution in [-0.2, 0) is 9.53 Å². The van der Waals surface area contributed by atoms with Crippen LogP contribution in [0.4, 0.5) is 10.1 Å². The molecule has 1 N–H and O–H groups in total. The Morgan fingerprint density at radius 3 is 2.50 bits per heavy atom. The molecular formula is C25H33FN4O4. The molecule has 1 saturated carbocycles. The summed E-state index contributed by atoms with van der Waals surface area (Å²) in [5.74, 6) is -1.78. The largest absolute Gasteiger partial charge is 0.452 e. The second-order valence-corrected chi connectivity index (χ2v) is 9.21. The first-order valence-corrected chi connectivity index (χ1v) is 12.1. The van der Waals surface area contributed by atoms with Crippen molar-refractivity contribution in [2.75, 3.05) is 44.2 Å². The number of halogens is 1. The molecule has 2 heterocycles. The van der Waals surface area contributed by atoms with Gasteiger partial charge in [0.25, 0.3) is 5.91 Å². The maximum absolute atomic E-state index is 15.2. The number of aromatic nitrogens is 1. The molecule has 34 heavy (non-hydrogen) atoms. The number of hydrogen-bond donors (Lipinski definition) is 1. The van der Waals surface area contributed by atoms with Crippen LogP contribution in [0.3, 0.4) is 0 Å². The number of esters is 1. The van der Waals surface area contributed by atoms with E-state index in [-0.39, 0.29) is 23.0 Å². The van der Waals surface area contributed by atoms with Gasteiger partial charge >= 0.3 is 5.97 Å². The third-order valence-corrected chi connectivity index (χ3v) is 6.78. The fourth-order valence-electron chi connectivity index (χ4n) is 4.33. The van der Waals surface area contributed by atoms with Crippen molar-refractivity contribution in [1.29, 1.82) is 0 Å². The van der Waals surface area contributed by atoms with Crippen LogP contribution < -0.4 is 15.6 Å². The van der Waals surface area contributed by atoms with Crippen LogP contribution in [0.2, 0.25) is 0 Å². The lowest BCUT2D eigenvalue weighted by Gasteiger charge is -2.35. The molecule has 9 heteroatoms. The molecule has 2 aliphatic rings. The van der Waals surface area contributed by atoms with Gasteiger partial charge in [0, 0.05) is 49.8 Å². The van der Waals surface area contributed by atoms with E-state index in [2.05, 4.69) is 17.1 Å². The molecule has 1 atom stereocenters. The van der Waals surface area contributed by atoms with Crippen molar-refractivity contribution >= 4 is 28.5 Å². The van der Waals surface area contributed by atoms with Crippen molar-refractivity contribution in [2.24, 2.45) is 0 Å². The minimum absolute atomic E-state index is 0.0407. The fraction of sp³-hybridized carbons (Fsp3) is 0.560. The van der Waals surface area contributed by atoms with Gasteiger partial charge in [-0.25, -0.2) is 9.18 Å². The summed E-state index contributed by atoms with van der Waals surface area (Å²) in [6, 6.07) is 3.09. The summed E-state index contributed by atoms with van der Waals surface area (Å²) in [6.45, 7) is 9.54. The molecule has 4 rings (SSSR count). The van der Waals surface area contributed by atoms with E-state index in [9.17, 15) is 14.4 Å². The molecule has 1 aromatic heterocycles. The number of likely N-dealkylation sites (N-methyl/N-ethyl adjacent to an activating group) is 1. The van der Waals surface area contributed by atoms with Crippen LogP contribution in [0.5, 0.6) is 0 Å². The molecule has 2 fully saturated rings. The number of fused-ring (bicyclic) bond motifs is 1. The number of amides is 1. The molecule has 1 amide bonds. The standard InChI is InChI=1S/C25H33FN4O4/c1-4-16(3)27-23(31)15-34-25(33)19-14-30(17-6-7-17)21-13-22(20(26)12-18(21)24(19)32)29-10-8-28(5-2)9-11-29/h12-14,16-17H,4-11,15H2,1-3H3,(H,27,31)/t16-/m1/s1. The zero-order valence-corrected chi connectivity index (χ0v) is 20.1. The number of pyridine rings is 1. The fourth-order valence-corrected chi connectivity index (χ4v) is 4.33. The maximum atomic E-state index is 15.2. The highest BCUT2D eigenvalue weighted by molar-refractivity contribution is 5.95. The number of rotatable bonds is 8. The van der Waals surface area contributed by atoms with E-state index in [1.165, 1.54) is 12.3 Å². The van der Waals surface area contributed by atoms with Crippen LogP contribution in [0.1, 0.15) is 56.4 Å². The van der Waals surface area contributed by atoms with Crippen LogP contribution in [0, 0.1) is 5.82 Å². The summed E-state index contributed by atoms with van der Waals surface area (Å²) < 4.78 is 22.2. The number of carbonyl (C=O) groups excluding carboxylic acids is 2. The average molecular weight is 473 g/mol. The lowest BCUT2D eigenvalue weighted by Crippen LogP contribution is -2.46. The second-order valence-electron chi connectivity index (χ2n) is 9.21. The van der Waals surface area contributed by atoms with Crippen molar-refractivity contribution in [3.8, 4) is 0 Å². The predicted octanol–water partition coefficient (Wildman–Crippen LogP) is 2.69. The normalized spacial score (nSPS) is 17.6. The smallest absolute Gasteiger partial charge is 0.344 e.